The van der Waals surface area contributed by atoms with Gasteiger partial charge >= 0.3 is 6.61 Å². The molecule has 1 fully saturated rings. The van der Waals surface area contributed by atoms with Crippen LogP contribution in [0.3, 0.4) is 0 Å². The number of nitrogens with one attached hydrogen (secondary N) is 1. The average Bonchev–Trinajstić information content (AvgIpc) is 3.22. The van der Waals surface area contributed by atoms with Crippen molar-refractivity contribution >= 4 is 23.1 Å². The van der Waals surface area contributed by atoms with Gasteiger partial charge in [-0.3, -0.25) is 4.79 Å². The highest BCUT2D eigenvalue weighted by Crippen LogP contribution is 2.54. The number of hydrogen-bond acceptors (Lipinski definition) is 6. The SMILES string of the molecule is NC(=O)C1=C(c2c(Cl)ccc3c2[C@H](O)[C@@](CNC2CCC(O)CC2)(c2ccccc2)O3)C(F)[C@@H](OC(F)F)C=C1. The van der Waals surface area contributed by atoms with Crippen molar-refractivity contribution in [3.8, 4) is 5.75 Å². The summed E-state index contributed by atoms with van der Waals surface area (Å²) in [6.07, 6.45) is -0.797. The van der Waals surface area contributed by atoms with Crippen LogP contribution in [0.1, 0.15) is 48.5 Å². The van der Waals surface area contributed by atoms with Gasteiger partial charge in [0.25, 0.3) is 0 Å². The lowest BCUT2D eigenvalue weighted by atomic mass is 9.80. The molecule has 7 nitrogen and oxygen atoms in total. The van der Waals surface area contributed by atoms with Gasteiger partial charge in [-0.05, 0) is 43.4 Å². The third-order valence-electron chi connectivity index (χ3n) is 7.88. The minimum Gasteiger partial charge on any atom is -0.478 e. The van der Waals surface area contributed by atoms with Crippen LogP contribution in [0.5, 0.6) is 5.75 Å². The monoisotopic (exact) mass is 578 g/mol. The smallest absolute Gasteiger partial charge is 0.345 e. The molecule has 1 heterocycles. The molecule has 2 aromatic rings. The van der Waals surface area contributed by atoms with Gasteiger partial charge in [-0.25, -0.2) is 4.39 Å². The molecule has 40 heavy (non-hydrogen) atoms. The van der Waals surface area contributed by atoms with Crippen molar-refractivity contribution in [2.24, 2.45) is 5.73 Å². The van der Waals surface area contributed by atoms with E-state index in [0.717, 1.165) is 25.0 Å². The fraction of sp³-hybridized carbons (Fsp3) is 0.414. The fourth-order valence-corrected chi connectivity index (χ4v) is 6.12. The molecule has 0 aromatic heterocycles. The van der Waals surface area contributed by atoms with E-state index in [0.29, 0.717) is 18.4 Å². The number of alkyl halides is 3. The summed E-state index contributed by atoms with van der Waals surface area (Å²) in [5, 5.41) is 25.3. The van der Waals surface area contributed by atoms with E-state index in [4.69, 9.17) is 22.1 Å². The van der Waals surface area contributed by atoms with Gasteiger partial charge in [0.1, 0.15) is 18.0 Å². The maximum atomic E-state index is 15.9. The zero-order chi connectivity index (χ0) is 28.6. The Kier molecular flexibility index (Phi) is 8.26. The predicted molar refractivity (Wildman–Crippen MR) is 142 cm³/mol. The highest BCUT2D eigenvalue weighted by molar-refractivity contribution is 6.33. The van der Waals surface area contributed by atoms with Crippen LogP contribution in [0.2, 0.25) is 5.02 Å². The average molecular weight is 579 g/mol. The Morgan fingerprint density at radius 1 is 1.15 bits per heavy atom. The van der Waals surface area contributed by atoms with Crippen LogP contribution in [0, 0.1) is 0 Å². The largest absolute Gasteiger partial charge is 0.478 e. The number of carbonyl (C=O) groups is 1. The van der Waals surface area contributed by atoms with Crippen LogP contribution >= 0.6 is 11.6 Å². The predicted octanol–water partition coefficient (Wildman–Crippen LogP) is 4.31. The van der Waals surface area contributed by atoms with E-state index in [-0.39, 0.29) is 51.7 Å². The number of halogens is 4. The van der Waals surface area contributed by atoms with E-state index < -0.39 is 36.5 Å². The highest BCUT2D eigenvalue weighted by atomic mass is 35.5. The second kappa shape index (κ2) is 11.5. The molecule has 3 aliphatic rings. The number of aliphatic hydroxyl groups is 2. The van der Waals surface area contributed by atoms with Crippen molar-refractivity contribution in [2.45, 2.75) is 68.4 Å². The lowest BCUT2D eigenvalue weighted by Gasteiger charge is -2.36. The van der Waals surface area contributed by atoms with E-state index in [9.17, 15) is 23.8 Å². The summed E-state index contributed by atoms with van der Waals surface area (Å²) < 4.78 is 52.9. The Hall–Kier alpha value is -2.89. The Bertz CT molecular complexity index is 1320. The third kappa shape index (κ3) is 5.26. The Morgan fingerprint density at radius 2 is 1.85 bits per heavy atom. The molecule has 1 saturated carbocycles. The molecule has 0 radical (unpaired) electrons. The first-order valence-electron chi connectivity index (χ1n) is 13.1. The van der Waals surface area contributed by atoms with Crippen molar-refractivity contribution in [1.29, 1.82) is 0 Å². The molecule has 0 bridgehead atoms. The number of amides is 1. The van der Waals surface area contributed by atoms with Gasteiger partial charge in [0.05, 0.1) is 6.10 Å². The molecule has 214 valence electrons. The van der Waals surface area contributed by atoms with Gasteiger partial charge in [-0.2, -0.15) is 8.78 Å². The first kappa shape index (κ1) is 28.6. The summed E-state index contributed by atoms with van der Waals surface area (Å²) in [5.41, 5.74) is 4.23. The van der Waals surface area contributed by atoms with Gasteiger partial charge < -0.3 is 30.7 Å². The van der Waals surface area contributed by atoms with Crippen molar-refractivity contribution in [3.63, 3.8) is 0 Å². The number of hydrogen-bond donors (Lipinski definition) is 4. The van der Waals surface area contributed by atoms with Crippen molar-refractivity contribution in [1.82, 2.24) is 5.32 Å². The molecule has 11 heteroatoms. The first-order chi connectivity index (χ1) is 19.1. The molecule has 1 aliphatic heterocycles. The number of aliphatic hydroxyl groups excluding tert-OH is 2. The zero-order valence-electron chi connectivity index (χ0n) is 21.4. The van der Waals surface area contributed by atoms with Crippen molar-refractivity contribution in [2.75, 3.05) is 6.54 Å². The molecule has 0 saturated heterocycles. The van der Waals surface area contributed by atoms with Gasteiger partial charge in [0.2, 0.25) is 5.91 Å². The van der Waals surface area contributed by atoms with E-state index in [1.54, 1.807) is 24.3 Å². The van der Waals surface area contributed by atoms with Crippen LogP contribution < -0.4 is 15.8 Å². The lowest BCUT2D eigenvalue weighted by Crippen LogP contribution is -2.48. The molecule has 2 aliphatic carbocycles. The number of primary amides is 1. The second-order valence-corrected chi connectivity index (χ2v) is 10.7. The molecule has 0 spiro atoms. The van der Waals surface area contributed by atoms with Crippen molar-refractivity contribution < 1.29 is 37.7 Å². The number of fused-ring (bicyclic) bond motifs is 1. The number of carbonyl (C=O) groups excluding carboxylic acids is 1. The molecule has 5 rings (SSSR count). The van der Waals surface area contributed by atoms with E-state index in [1.165, 1.54) is 12.1 Å². The van der Waals surface area contributed by atoms with Gasteiger partial charge in [-0.1, -0.05) is 54.1 Å². The van der Waals surface area contributed by atoms with Gasteiger partial charge in [0.15, 0.2) is 11.8 Å². The summed E-state index contributed by atoms with van der Waals surface area (Å²) in [5.74, 6) is -0.803. The number of ether oxygens (including phenoxy) is 2. The van der Waals surface area contributed by atoms with Crippen LogP contribution in [0.4, 0.5) is 13.2 Å². The molecule has 1 unspecified atom stereocenters. The Balaban J connectivity index is 1.60. The Morgan fingerprint density at radius 3 is 2.50 bits per heavy atom. The fourth-order valence-electron chi connectivity index (χ4n) is 5.85. The van der Waals surface area contributed by atoms with Crippen LogP contribution in [-0.4, -0.2) is 53.7 Å². The molecular formula is C29H30ClF3N2O5. The summed E-state index contributed by atoms with van der Waals surface area (Å²) in [7, 11) is 0. The molecule has 2 aromatic carbocycles. The summed E-state index contributed by atoms with van der Waals surface area (Å²) in [6, 6.07) is 12.0. The normalized spacial score (nSPS) is 29.9. The van der Waals surface area contributed by atoms with Gasteiger partial charge in [0, 0.05) is 39.9 Å². The maximum Gasteiger partial charge on any atom is 0.345 e. The number of benzene rings is 2. The number of rotatable bonds is 8. The van der Waals surface area contributed by atoms with E-state index in [2.05, 4.69) is 10.1 Å². The minimum absolute atomic E-state index is 0.0259. The molecule has 5 N–H and O–H groups in total. The van der Waals surface area contributed by atoms with Crippen LogP contribution in [-0.2, 0) is 15.1 Å². The molecule has 1 amide bonds. The third-order valence-corrected chi connectivity index (χ3v) is 8.19. The standard InChI is InChI=1S/C29H30ClF3N2O5/c30-19-11-13-20-24(23(19)22-18(27(34)38)10-12-21(25(22)31)39-28(32)33)26(37)29(40-20,15-4-2-1-3-5-15)14-35-16-6-8-17(36)9-7-16/h1-5,10-13,16-17,21,25-26,28,35-37H,6-9,14H2,(H2,34,38)/t16?,17?,21-,25?,26-,29+/m0/s1. The molecule has 4 atom stereocenters. The highest BCUT2D eigenvalue weighted by Gasteiger charge is 2.52. The minimum atomic E-state index is -3.27. The zero-order valence-corrected chi connectivity index (χ0v) is 22.2. The van der Waals surface area contributed by atoms with E-state index >= 15 is 4.39 Å². The summed E-state index contributed by atoms with van der Waals surface area (Å²) in [4.78, 5) is 12.3. The lowest BCUT2D eigenvalue weighted by molar-refractivity contribution is -0.159. The summed E-state index contributed by atoms with van der Waals surface area (Å²) in [6.45, 7) is -3.12. The van der Waals surface area contributed by atoms with Gasteiger partial charge in [-0.15, -0.1) is 0 Å². The summed E-state index contributed by atoms with van der Waals surface area (Å²) >= 11 is 6.57. The maximum absolute atomic E-state index is 15.9. The van der Waals surface area contributed by atoms with Crippen molar-refractivity contribution in [3.05, 3.63) is 81.9 Å². The Labute approximate surface area is 234 Å². The second-order valence-electron chi connectivity index (χ2n) is 10.3. The first-order valence-corrected chi connectivity index (χ1v) is 13.5. The number of nitrogens with two attached hydrogens (primary N) is 1. The van der Waals surface area contributed by atoms with E-state index in [1.807, 2.05) is 6.07 Å². The van der Waals surface area contributed by atoms with Crippen LogP contribution in [0.25, 0.3) is 5.57 Å². The topological polar surface area (TPSA) is 114 Å². The molecular weight excluding hydrogens is 549 g/mol. The quantitative estimate of drug-likeness (QED) is 0.371. The van der Waals surface area contributed by atoms with Crippen LogP contribution in [0.15, 0.2) is 60.2 Å².